The minimum atomic E-state index is -0.717. The Hall–Kier alpha value is -2.27. The molecule has 2 atom stereocenters. The lowest BCUT2D eigenvalue weighted by Crippen LogP contribution is -2.27. The Morgan fingerprint density at radius 1 is 1.19 bits per heavy atom. The summed E-state index contributed by atoms with van der Waals surface area (Å²) in [7, 11) is 0. The van der Waals surface area contributed by atoms with Crippen LogP contribution in [-0.4, -0.2) is 17.5 Å². The fraction of sp³-hybridized carbons (Fsp3) is 0.381. The Morgan fingerprint density at radius 2 is 1.88 bits per heavy atom. The van der Waals surface area contributed by atoms with Gasteiger partial charge in [0.25, 0.3) is 0 Å². The largest absolute Gasteiger partial charge is 0.351 e. The SMILES string of the molecule is Cc1cc(C)c(C2C(=O)CC(CC(=O)NCc3cccs3)C2=O)c(C)c1. The number of carbonyl (C=O) groups is 3. The molecule has 1 fully saturated rings. The summed E-state index contributed by atoms with van der Waals surface area (Å²) in [6.45, 7) is 6.35. The third-order valence-corrected chi connectivity index (χ3v) is 5.83. The van der Waals surface area contributed by atoms with Crippen LogP contribution in [0.3, 0.4) is 0 Å². The maximum absolute atomic E-state index is 12.9. The van der Waals surface area contributed by atoms with E-state index in [2.05, 4.69) is 5.32 Å². The predicted molar refractivity (Wildman–Crippen MR) is 102 cm³/mol. The number of nitrogens with one attached hydrogen (secondary N) is 1. The number of rotatable bonds is 5. The molecule has 1 aliphatic rings. The van der Waals surface area contributed by atoms with Gasteiger partial charge < -0.3 is 5.32 Å². The van der Waals surface area contributed by atoms with E-state index in [4.69, 9.17) is 0 Å². The molecule has 3 rings (SSSR count). The minimum Gasteiger partial charge on any atom is -0.351 e. The van der Waals surface area contributed by atoms with Crippen molar-refractivity contribution in [2.75, 3.05) is 0 Å². The summed E-state index contributed by atoms with van der Waals surface area (Å²) in [6, 6.07) is 7.89. The number of aryl methyl sites for hydroxylation is 3. The Labute approximate surface area is 157 Å². The molecule has 26 heavy (non-hydrogen) atoms. The van der Waals surface area contributed by atoms with Gasteiger partial charge in [-0.15, -0.1) is 11.3 Å². The molecule has 1 aromatic carbocycles. The molecule has 1 amide bonds. The Balaban J connectivity index is 1.70. The lowest BCUT2D eigenvalue weighted by Gasteiger charge is -2.16. The highest BCUT2D eigenvalue weighted by Crippen LogP contribution is 2.37. The highest BCUT2D eigenvalue weighted by molar-refractivity contribution is 7.09. The van der Waals surface area contributed by atoms with Crippen molar-refractivity contribution in [3.63, 3.8) is 0 Å². The number of Topliss-reactive ketones (excluding diaryl/α,β-unsaturated/α-hetero) is 2. The molecule has 5 heteroatoms. The van der Waals surface area contributed by atoms with Crippen LogP contribution in [-0.2, 0) is 20.9 Å². The second kappa shape index (κ2) is 7.54. The zero-order valence-corrected chi connectivity index (χ0v) is 16.1. The molecular weight excluding hydrogens is 346 g/mol. The van der Waals surface area contributed by atoms with E-state index in [1.54, 1.807) is 11.3 Å². The summed E-state index contributed by atoms with van der Waals surface area (Å²) in [6.07, 6.45) is 0.235. The monoisotopic (exact) mass is 369 g/mol. The van der Waals surface area contributed by atoms with Gasteiger partial charge in [0.15, 0.2) is 5.78 Å². The van der Waals surface area contributed by atoms with Gasteiger partial charge in [-0.05, 0) is 48.9 Å². The highest BCUT2D eigenvalue weighted by atomic mass is 32.1. The number of hydrogen-bond donors (Lipinski definition) is 1. The molecule has 0 spiro atoms. The number of benzene rings is 1. The van der Waals surface area contributed by atoms with Gasteiger partial charge in [-0.1, -0.05) is 23.8 Å². The van der Waals surface area contributed by atoms with E-state index >= 15 is 0 Å². The van der Waals surface area contributed by atoms with E-state index in [0.29, 0.717) is 6.54 Å². The van der Waals surface area contributed by atoms with Gasteiger partial charge in [0, 0.05) is 23.6 Å². The summed E-state index contributed by atoms with van der Waals surface area (Å²) in [4.78, 5) is 38.7. The first-order valence-corrected chi connectivity index (χ1v) is 9.68. The summed E-state index contributed by atoms with van der Waals surface area (Å²) >= 11 is 1.57. The van der Waals surface area contributed by atoms with Crippen molar-refractivity contribution in [2.24, 2.45) is 5.92 Å². The van der Waals surface area contributed by atoms with Gasteiger partial charge in [-0.2, -0.15) is 0 Å². The highest BCUT2D eigenvalue weighted by Gasteiger charge is 2.43. The van der Waals surface area contributed by atoms with Crippen LogP contribution in [0.2, 0.25) is 0 Å². The first kappa shape index (κ1) is 18.5. The predicted octanol–water partition coefficient (Wildman–Crippen LogP) is 3.62. The molecule has 1 aromatic heterocycles. The topological polar surface area (TPSA) is 63.2 Å². The van der Waals surface area contributed by atoms with Gasteiger partial charge in [0.2, 0.25) is 5.91 Å². The average Bonchev–Trinajstić information content (AvgIpc) is 3.16. The standard InChI is InChI=1S/C21H23NO3S/c1-12-7-13(2)19(14(3)8-12)20-17(23)9-15(21(20)25)10-18(24)22-11-16-5-4-6-26-16/h4-8,15,20H,9-11H2,1-3H3,(H,22,24). The van der Waals surface area contributed by atoms with E-state index < -0.39 is 11.8 Å². The molecule has 136 valence electrons. The van der Waals surface area contributed by atoms with E-state index in [0.717, 1.165) is 27.1 Å². The van der Waals surface area contributed by atoms with E-state index in [-0.39, 0.29) is 30.3 Å². The van der Waals surface area contributed by atoms with Crippen molar-refractivity contribution < 1.29 is 14.4 Å². The van der Waals surface area contributed by atoms with Gasteiger partial charge in [-0.3, -0.25) is 14.4 Å². The van der Waals surface area contributed by atoms with Gasteiger partial charge in [0.1, 0.15) is 11.7 Å². The lowest BCUT2D eigenvalue weighted by atomic mass is 9.86. The van der Waals surface area contributed by atoms with Crippen LogP contribution in [0.1, 0.15) is 45.9 Å². The maximum Gasteiger partial charge on any atom is 0.221 e. The molecule has 0 radical (unpaired) electrons. The Kier molecular flexibility index (Phi) is 5.37. The van der Waals surface area contributed by atoms with Crippen LogP contribution in [0, 0.1) is 26.7 Å². The smallest absolute Gasteiger partial charge is 0.221 e. The molecule has 1 heterocycles. The number of ketones is 2. The fourth-order valence-electron chi connectivity index (χ4n) is 3.87. The minimum absolute atomic E-state index is 0.0684. The van der Waals surface area contributed by atoms with Gasteiger partial charge in [-0.25, -0.2) is 0 Å². The van der Waals surface area contributed by atoms with Gasteiger partial charge in [0.05, 0.1) is 6.54 Å². The quantitative estimate of drug-likeness (QED) is 0.819. The van der Waals surface area contributed by atoms with E-state index in [1.165, 1.54) is 0 Å². The normalized spacial score (nSPS) is 19.8. The van der Waals surface area contributed by atoms with Crippen LogP contribution in [0.5, 0.6) is 0 Å². The molecule has 0 saturated heterocycles. The molecule has 0 bridgehead atoms. The van der Waals surface area contributed by atoms with Crippen molar-refractivity contribution in [1.29, 1.82) is 0 Å². The van der Waals surface area contributed by atoms with Crippen LogP contribution in [0.15, 0.2) is 29.6 Å². The first-order chi connectivity index (χ1) is 12.4. The average molecular weight is 369 g/mol. The third kappa shape index (κ3) is 3.78. The van der Waals surface area contributed by atoms with Crippen LogP contribution in [0.4, 0.5) is 0 Å². The van der Waals surface area contributed by atoms with Crippen LogP contribution >= 0.6 is 11.3 Å². The molecule has 2 aromatic rings. The zero-order valence-electron chi connectivity index (χ0n) is 15.3. The van der Waals surface area contributed by atoms with E-state index in [9.17, 15) is 14.4 Å². The fourth-order valence-corrected chi connectivity index (χ4v) is 4.52. The second-order valence-corrected chi connectivity index (χ2v) is 8.11. The Bertz CT molecular complexity index is 831. The molecule has 1 saturated carbocycles. The number of amides is 1. The molecule has 4 nitrogen and oxygen atoms in total. The molecule has 2 unspecified atom stereocenters. The van der Waals surface area contributed by atoms with Crippen LogP contribution < -0.4 is 5.32 Å². The molecule has 1 N–H and O–H groups in total. The van der Waals surface area contributed by atoms with E-state index in [1.807, 2.05) is 50.4 Å². The first-order valence-electron chi connectivity index (χ1n) is 8.80. The maximum atomic E-state index is 12.9. The lowest BCUT2D eigenvalue weighted by molar-refractivity contribution is -0.128. The third-order valence-electron chi connectivity index (χ3n) is 4.95. The number of hydrogen-bond acceptors (Lipinski definition) is 4. The summed E-state index contributed by atoms with van der Waals surface area (Å²) in [5.74, 6) is -1.60. The summed E-state index contributed by atoms with van der Waals surface area (Å²) in [5.41, 5.74) is 3.88. The summed E-state index contributed by atoms with van der Waals surface area (Å²) in [5, 5.41) is 4.80. The molecule has 0 aliphatic heterocycles. The van der Waals surface area contributed by atoms with Crippen molar-refractivity contribution in [3.05, 3.63) is 56.8 Å². The second-order valence-electron chi connectivity index (χ2n) is 7.08. The van der Waals surface area contributed by atoms with Crippen molar-refractivity contribution in [3.8, 4) is 0 Å². The van der Waals surface area contributed by atoms with Gasteiger partial charge >= 0.3 is 0 Å². The van der Waals surface area contributed by atoms with Crippen molar-refractivity contribution >= 4 is 28.8 Å². The number of thiophene rings is 1. The van der Waals surface area contributed by atoms with Crippen molar-refractivity contribution in [2.45, 2.75) is 46.1 Å². The summed E-state index contributed by atoms with van der Waals surface area (Å²) < 4.78 is 0. The van der Waals surface area contributed by atoms with Crippen molar-refractivity contribution in [1.82, 2.24) is 5.32 Å². The van der Waals surface area contributed by atoms with Crippen LogP contribution in [0.25, 0.3) is 0 Å². The molecule has 1 aliphatic carbocycles. The Morgan fingerprint density at radius 3 is 2.50 bits per heavy atom. The zero-order chi connectivity index (χ0) is 18.8. The number of carbonyl (C=O) groups excluding carboxylic acids is 3. The molecular formula is C21H23NO3S.